The maximum atomic E-state index is 5.30. The Balaban J connectivity index is 1.91. The highest BCUT2D eigenvalue weighted by Gasteiger charge is 2.07. The van der Waals surface area contributed by atoms with E-state index in [1.807, 2.05) is 24.3 Å². The van der Waals surface area contributed by atoms with Crippen LogP contribution in [-0.4, -0.2) is 21.1 Å². The Bertz CT molecular complexity index is 900. The monoisotopic (exact) mass is 336 g/mol. The minimum absolute atomic E-state index is 0.473. The first kappa shape index (κ1) is 16.3. The largest absolute Gasteiger partial charge is 0.250 e. The first-order chi connectivity index (χ1) is 11.5. The molecule has 0 radical (unpaired) electrons. The fourth-order valence-corrected chi connectivity index (χ4v) is 2.56. The molecular formula is C19H20N4S. The standard InChI is InChI=1S/C19H20N4S/c1-13(2)16-10-6-15(7-11-16)12-20-23-18(21-22-19(23)24)17-8-4-14(3)5-9-17/h4-13H,1-3H3,(H,22,24)/b20-12+. The lowest BCUT2D eigenvalue weighted by Crippen LogP contribution is -1.95. The van der Waals surface area contributed by atoms with Crippen LogP contribution in [0.25, 0.3) is 11.4 Å². The summed E-state index contributed by atoms with van der Waals surface area (Å²) in [4.78, 5) is 0. The lowest BCUT2D eigenvalue weighted by atomic mass is 10.0. The van der Waals surface area contributed by atoms with Crippen LogP contribution in [0.15, 0.2) is 53.6 Å². The van der Waals surface area contributed by atoms with Crippen molar-refractivity contribution in [3.63, 3.8) is 0 Å². The van der Waals surface area contributed by atoms with Crippen molar-refractivity contribution in [2.75, 3.05) is 0 Å². The van der Waals surface area contributed by atoms with Crippen LogP contribution in [0.2, 0.25) is 0 Å². The zero-order chi connectivity index (χ0) is 17.1. The summed E-state index contributed by atoms with van der Waals surface area (Å²) in [7, 11) is 0. The molecule has 24 heavy (non-hydrogen) atoms. The van der Waals surface area contributed by atoms with Gasteiger partial charge in [-0.1, -0.05) is 67.9 Å². The normalized spacial score (nSPS) is 11.5. The molecule has 0 aliphatic carbocycles. The third-order valence-corrected chi connectivity index (χ3v) is 4.15. The van der Waals surface area contributed by atoms with Crippen molar-refractivity contribution in [1.82, 2.24) is 14.9 Å². The molecule has 3 aromatic rings. The molecule has 0 amide bonds. The van der Waals surface area contributed by atoms with Crippen molar-refractivity contribution < 1.29 is 0 Å². The highest BCUT2D eigenvalue weighted by molar-refractivity contribution is 7.71. The molecule has 0 unspecified atom stereocenters. The second-order valence-electron chi connectivity index (χ2n) is 6.10. The van der Waals surface area contributed by atoms with Gasteiger partial charge in [0.2, 0.25) is 4.77 Å². The Labute approximate surface area is 146 Å². The van der Waals surface area contributed by atoms with E-state index in [0.717, 1.165) is 11.1 Å². The van der Waals surface area contributed by atoms with E-state index >= 15 is 0 Å². The van der Waals surface area contributed by atoms with Gasteiger partial charge < -0.3 is 0 Å². The zero-order valence-electron chi connectivity index (χ0n) is 14.0. The average molecular weight is 336 g/mol. The van der Waals surface area contributed by atoms with Crippen LogP contribution in [0.4, 0.5) is 0 Å². The number of hydrogen-bond donors (Lipinski definition) is 1. The number of benzene rings is 2. The quantitative estimate of drug-likeness (QED) is 0.543. The van der Waals surface area contributed by atoms with Gasteiger partial charge in [-0.2, -0.15) is 14.9 Å². The molecule has 0 aliphatic rings. The SMILES string of the molecule is Cc1ccc(-c2n[nH]c(=S)n2/N=C/c2ccc(C(C)C)cc2)cc1. The highest BCUT2D eigenvalue weighted by Crippen LogP contribution is 2.18. The summed E-state index contributed by atoms with van der Waals surface area (Å²) in [6, 6.07) is 16.5. The third kappa shape index (κ3) is 3.51. The molecular weight excluding hydrogens is 316 g/mol. The molecule has 1 heterocycles. The lowest BCUT2D eigenvalue weighted by Gasteiger charge is -2.05. The van der Waals surface area contributed by atoms with E-state index in [-0.39, 0.29) is 0 Å². The summed E-state index contributed by atoms with van der Waals surface area (Å²) in [5.41, 5.74) is 4.51. The first-order valence-electron chi connectivity index (χ1n) is 7.93. The second-order valence-corrected chi connectivity index (χ2v) is 6.48. The number of nitrogens with zero attached hydrogens (tertiary/aromatic N) is 3. The molecule has 5 heteroatoms. The van der Waals surface area contributed by atoms with E-state index in [1.54, 1.807) is 10.9 Å². The predicted molar refractivity (Wildman–Crippen MR) is 101 cm³/mol. The summed E-state index contributed by atoms with van der Waals surface area (Å²) in [6.45, 7) is 6.42. The van der Waals surface area contributed by atoms with E-state index in [2.05, 4.69) is 60.3 Å². The third-order valence-electron chi connectivity index (χ3n) is 3.89. The molecule has 0 spiro atoms. The fourth-order valence-electron chi connectivity index (χ4n) is 2.38. The van der Waals surface area contributed by atoms with Crippen molar-refractivity contribution in [3.05, 3.63) is 70.0 Å². The van der Waals surface area contributed by atoms with Crippen LogP contribution in [-0.2, 0) is 0 Å². The summed E-state index contributed by atoms with van der Waals surface area (Å²) in [5.74, 6) is 1.22. The van der Waals surface area contributed by atoms with E-state index in [4.69, 9.17) is 12.2 Å². The second kappa shape index (κ2) is 6.93. The Hall–Kier alpha value is -2.53. The topological polar surface area (TPSA) is 46.0 Å². The number of H-pyrrole nitrogens is 1. The smallest absolute Gasteiger partial charge is 0.216 e. The molecule has 1 N–H and O–H groups in total. The summed E-state index contributed by atoms with van der Waals surface area (Å²) in [6.07, 6.45) is 1.80. The van der Waals surface area contributed by atoms with Gasteiger partial charge >= 0.3 is 0 Å². The minimum Gasteiger partial charge on any atom is -0.250 e. The van der Waals surface area contributed by atoms with Crippen molar-refractivity contribution in [1.29, 1.82) is 0 Å². The number of nitrogens with one attached hydrogen (secondary N) is 1. The van der Waals surface area contributed by atoms with Gasteiger partial charge in [-0.25, -0.2) is 5.10 Å². The minimum atomic E-state index is 0.473. The Morgan fingerprint density at radius 2 is 1.75 bits per heavy atom. The fraction of sp³-hybridized carbons (Fsp3) is 0.211. The molecule has 0 fully saturated rings. The van der Waals surface area contributed by atoms with Gasteiger partial charge in [-0.3, -0.25) is 0 Å². The number of aromatic amines is 1. The van der Waals surface area contributed by atoms with Gasteiger partial charge in [0.25, 0.3) is 0 Å². The predicted octanol–water partition coefficient (Wildman–Crippen LogP) is 4.92. The highest BCUT2D eigenvalue weighted by atomic mass is 32.1. The summed E-state index contributed by atoms with van der Waals surface area (Å²) < 4.78 is 2.12. The van der Waals surface area contributed by atoms with Gasteiger partial charge in [0.05, 0.1) is 6.21 Å². The Morgan fingerprint density at radius 1 is 1.08 bits per heavy atom. The average Bonchev–Trinajstić information content (AvgIpc) is 2.95. The van der Waals surface area contributed by atoms with Gasteiger partial charge in [0.15, 0.2) is 5.82 Å². The van der Waals surface area contributed by atoms with E-state index in [1.165, 1.54) is 11.1 Å². The number of hydrogen-bond acceptors (Lipinski definition) is 3. The van der Waals surface area contributed by atoms with Crippen LogP contribution >= 0.6 is 12.2 Å². The van der Waals surface area contributed by atoms with Crippen LogP contribution in [0, 0.1) is 11.7 Å². The Morgan fingerprint density at radius 3 is 2.38 bits per heavy atom. The van der Waals surface area contributed by atoms with Gasteiger partial charge in [-0.15, -0.1) is 0 Å². The molecule has 4 nitrogen and oxygen atoms in total. The Kier molecular flexibility index (Phi) is 4.71. The molecule has 122 valence electrons. The van der Waals surface area contributed by atoms with Crippen LogP contribution < -0.4 is 0 Å². The molecule has 2 aromatic carbocycles. The maximum absolute atomic E-state index is 5.30. The van der Waals surface area contributed by atoms with Crippen LogP contribution in [0.3, 0.4) is 0 Å². The number of aromatic nitrogens is 3. The molecule has 0 aliphatic heterocycles. The van der Waals surface area contributed by atoms with Crippen molar-refractivity contribution >= 4 is 18.4 Å². The number of aryl methyl sites for hydroxylation is 1. The molecule has 0 saturated heterocycles. The van der Waals surface area contributed by atoms with E-state index < -0.39 is 0 Å². The van der Waals surface area contributed by atoms with Crippen molar-refractivity contribution in [2.24, 2.45) is 5.10 Å². The molecule has 0 atom stereocenters. The molecule has 0 bridgehead atoms. The van der Waals surface area contributed by atoms with E-state index in [0.29, 0.717) is 16.5 Å². The van der Waals surface area contributed by atoms with Crippen molar-refractivity contribution in [2.45, 2.75) is 26.7 Å². The summed E-state index contributed by atoms with van der Waals surface area (Å²) in [5, 5.41) is 11.6. The first-order valence-corrected chi connectivity index (χ1v) is 8.34. The lowest BCUT2D eigenvalue weighted by molar-refractivity contribution is 0.865. The van der Waals surface area contributed by atoms with Gasteiger partial charge in [-0.05, 0) is 36.2 Å². The number of rotatable bonds is 4. The molecule has 0 saturated carbocycles. The van der Waals surface area contributed by atoms with Gasteiger partial charge in [0.1, 0.15) is 0 Å². The van der Waals surface area contributed by atoms with Crippen LogP contribution in [0.1, 0.15) is 36.5 Å². The summed E-state index contributed by atoms with van der Waals surface area (Å²) >= 11 is 5.30. The van der Waals surface area contributed by atoms with E-state index in [9.17, 15) is 0 Å². The molecule has 3 rings (SSSR count). The zero-order valence-corrected chi connectivity index (χ0v) is 14.8. The molecule has 1 aromatic heterocycles. The van der Waals surface area contributed by atoms with Gasteiger partial charge in [0, 0.05) is 5.56 Å². The van der Waals surface area contributed by atoms with Crippen molar-refractivity contribution in [3.8, 4) is 11.4 Å². The van der Waals surface area contributed by atoms with Crippen LogP contribution in [0.5, 0.6) is 0 Å². The maximum Gasteiger partial charge on any atom is 0.216 e.